The van der Waals surface area contributed by atoms with Crippen LogP contribution < -0.4 is 10.2 Å². The number of hydrogen-bond acceptors (Lipinski definition) is 4. The van der Waals surface area contributed by atoms with Crippen molar-refractivity contribution in [3.63, 3.8) is 0 Å². The van der Waals surface area contributed by atoms with E-state index in [0.717, 1.165) is 12.2 Å². The number of anilines is 1. The molecule has 0 radical (unpaired) electrons. The zero-order valence-electron chi connectivity index (χ0n) is 10.9. The molecule has 1 amide bonds. The number of carbonyl (C=O) groups excluding carboxylic acids is 1. The van der Waals surface area contributed by atoms with Gasteiger partial charge in [0.25, 0.3) is 5.91 Å². The Morgan fingerprint density at radius 1 is 1.47 bits per heavy atom. The largest absolute Gasteiger partial charge is 0.366 e. The second-order valence-corrected chi connectivity index (χ2v) is 4.40. The van der Waals surface area contributed by atoms with E-state index < -0.39 is 0 Å². The van der Waals surface area contributed by atoms with Gasteiger partial charge in [-0.15, -0.1) is 0 Å². The molecule has 1 unspecified atom stereocenters. The van der Waals surface area contributed by atoms with Gasteiger partial charge < -0.3 is 15.0 Å². The third kappa shape index (κ3) is 3.11. The molecule has 1 aliphatic heterocycles. The lowest BCUT2D eigenvalue weighted by Gasteiger charge is -2.32. The normalized spacial score (nSPS) is 19.3. The second-order valence-electron chi connectivity index (χ2n) is 4.40. The first-order valence-electron chi connectivity index (χ1n) is 6.34. The number of ether oxygens (including phenoxy) is 1. The Morgan fingerprint density at radius 3 is 2.84 bits per heavy atom. The molecular formula is C14H17N3O2. The first kappa shape index (κ1) is 13.5. The highest BCUT2D eigenvalue weighted by atomic mass is 16.5. The van der Waals surface area contributed by atoms with Gasteiger partial charge in [-0.05, 0) is 44.3 Å². The van der Waals surface area contributed by atoms with Crippen molar-refractivity contribution in [1.29, 1.82) is 5.26 Å². The molecule has 0 aliphatic carbocycles. The summed E-state index contributed by atoms with van der Waals surface area (Å²) in [4.78, 5) is 14.0. The number of nitrogens with zero attached hydrogens (tertiary/aromatic N) is 2. The molecule has 1 aromatic carbocycles. The summed E-state index contributed by atoms with van der Waals surface area (Å²) in [7, 11) is 1.85. The first-order valence-corrected chi connectivity index (χ1v) is 6.34. The molecule has 1 N–H and O–H groups in total. The van der Waals surface area contributed by atoms with Crippen molar-refractivity contribution in [2.75, 3.05) is 31.6 Å². The molecule has 1 heterocycles. The van der Waals surface area contributed by atoms with E-state index in [9.17, 15) is 4.79 Å². The molecule has 5 heteroatoms. The number of rotatable bonds is 4. The van der Waals surface area contributed by atoms with Crippen molar-refractivity contribution in [2.24, 2.45) is 0 Å². The Labute approximate surface area is 112 Å². The number of nitrogens with one attached hydrogen (secondary N) is 1. The van der Waals surface area contributed by atoms with Crippen molar-refractivity contribution in [3.05, 3.63) is 29.8 Å². The Balaban J connectivity index is 2.10. The SMILES string of the molecule is CNCCC1OCCN(c2ccc(C#N)cc2)C1=O. The molecule has 2 rings (SSSR count). The average molecular weight is 259 g/mol. The minimum absolute atomic E-state index is 0.00814. The lowest BCUT2D eigenvalue weighted by Crippen LogP contribution is -2.48. The second kappa shape index (κ2) is 6.32. The summed E-state index contributed by atoms with van der Waals surface area (Å²) in [6.45, 7) is 1.85. The number of hydrogen-bond donors (Lipinski definition) is 1. The van der Waals surface area contributed by atoms with E-state index in [0.29, 0.717) is 25.1 Å². The van der Waals surface area contributed by atoms with Crippen LogP contribution in [0.4, 0.5) is 5.69 Å². The topological polar surface area (TPSA) is 65.4 Å². The quantitative estimate of drug-likeness (QED) is 0.872. The molecule has 5 nitrogen and oxygen atoms in total. The van der Waals surface area contributed by atoms with Gasteiger partial charge in [0.1, 0.15) is 6.10 Å². The van der Waals surface area contributed by atoms with E-state index in [1.54, 1.807) is 29.2 Å². The van der Waals surface area contributed by atoms with Gasteiger partial charge in [0.05, 0.1) is 18.2 Å². The van der Waals surface area contributed by atoms with Crippen molar-refractivity contribution in [1.82, 2.24) is 5.32 Å². The van der Waals surface area contributed by atoms with Crippen LogP contribution >= 0.6 is 0 Å². The number of amides is 1. The first-order chi connectivity index (χ1) is 9.26. The lowest BCUT2D eigenvalue weighted by molar-refractivity contribution is -0.134. The van der Waals surface area contributed by atoms with E-state index in [4.69, 9.17) is 10.00 Å². The highest BCUT2D eigenvalue weighted by Gasteiger charge is 2.29. The van der Waals surface area contributed by atoms with Crippen molar-refractivity contribution < 1.29 is 9.53 Å². The minimum Gasteiger partial charge on any atom is -0.366 e. The van der Waals surface area contributed by atoms with Crippen LogP contribution in [0.5, 0.6) is 0 Å². The van der Waals surface area contributed by atoms with Gasteiger partial charge in [-0.3, -0.25) is 4.79 Å². The Morgan fingerprint density at radius 2 is 2.21 bits per heavy atom. The summed E-state index contributed by atoms with van der Waals surface area (Å²) >= 11 is 0. The van der Waals surface area contributed by atoms with Crippen LogP contribution in [0.25, 0.3) is 0 Å². The Hall–Kier alpha value is -1.90. The fourth-order valence-corrected chi connectivity index (χ4v) is 2.10. The molecule has 0 saturated carbocycles. The molecule has 1 saturated heterocycles. The zero-order valence-corrected chi connectivity index (χ0v) is 10.9. The molecule has 1 aliphatic rings. The van der Waals surface area contributed by atoms with Gasteiger partial charge in [0, 0.05) is 12.2 Å². The van der Waals surface area contributed by atoms with Gasteiger partial charge in [0.15, 0.2) is 0 Å². The summed E-state index contributed by atoms with van der Waals surface area (Å²) in [5, 5.41) is 11.8. The number of morpholine rings is 1. The van der Waals surface area contributed by atoms with Gasteiger partial charge in [-0.25, -0.2) is 0 Å². The number of nitriles is 1. The van der Waals surface area contributed by atoms with Crippen LogP contribution in [0.1, 0.15) is 12.0 Å². The van der Waals surface area contributed by atoms with Crippen molar-refractivity contribution in [2.45, 2.75) is 12.5 Å². The maximum Gasteiger partial charge on any atom is 0.256 e. The smallest absolute Gasteiger partial charge is 0.256 e. The molecule has 19 heavy (non-hydrogen) atoms. The van der Waals surface area contributed by atoms with Gasteiger partial charge in [0.2, 0.25) is 0 Å². The predicted octanol–water partition coefficient (Wildman–Crippen LogP) is 0.900. The summed E-state index contributed by atoms with van der Waals surface area (Å²) in [6.07, 6.45) is 0.291. The standard InChI is InChI=1S/C14H17N3O2/c1-16-7-6-13-14(18)17(8-9-19-13)12-4-2-11(10-15)3-5-12/h2-5,13,16H,6-9H2,1H3. The van der Waals surface area contributed by atoms with Crippen LogP contribution in [-0.2, 0) is 9.53 Å². The molecule has 0 bridgehead atoms. The van der Waals surface area contributed by atoms with Gasteiger partial charge >= 0.3 is 0 Å². The third-order valence-electron chi connectivity index (χ3n) is 3.14. The maximum absolute atomic E-state index is 12.3. The van der Waals surface area contributed by atoms with Crippen LogP contribution in [-0.4, -0.2) is 38.8 Å². The highest BCUT2D eigenvalue weighted by molar-refractivity contribution is 5.97. The summed E-state index contributed by atoms with van der Waals surface area (Å²) in [5.74, 6) is -0.00814. The average Bonchev–Trinajstić information content (AvgIpc) is 2.46. The lowest BCUT2D eigenvalue weighted by atomic mass is 10.1. The number of benzene rings is 1. The van der Waals surface area contributed by atoms with E-state index in [1.807, 2.05) is 7.05 Å². The molecule has 100 valence electrons. The van der Waals surface area contributed by atoms with Crippen LogP contribution in [0, 0.1) is 11.3 Å². The molecule has 1 fully saturated rings. The van der Waals surface area contributed by atoms with Gasteiger partial charge in [-0.1, -0.05) is 0 Å². The minimum atomic E-state index is -0.378. The molecular weight excluding hydrogens is 242 g/mol. The monoisotopic (exact) mass is 259 g/mol. The van der Waals surface area contributed by atoms with E-state index in [2.05, 4.69) is 11.4 Å². The molecule has 0 aromatic heterocycles. The summed E-state index contributed by atoms with van der Waals surface area (Å²) in [5.41, 5.74) is 1.41. The maximum atomic E-state index is 12.3. The Bertz CT molecular complexity index is 478. The fourth-order valence-electron chi connectivity index (χ4n) is 2.10. The zero-order chi connectivity index (χ0) is 13.7. The predicted molar refractivity (Wildman–Crippen MR) is 71.8 cm³/mol. The molecule has 1 atom stereocenters. The summed E-state index contributed by atoms with van der Waals surface area (Å²) in [6, 6.07) is 9.12. The number of carbonyl (C=O) groups is 1. The highest BCUT2D eigenvalue weighted by Crippen LogP contribution is 2.20. The van der Waals surface area contributed by atoms with Crippen molar-refractivity contribution >= 4 is 11.6 Å². The Kier molecular flexibility index (Phi) is 4.50. The fraction of sp³-hybridized carbons (Fsp3) is 0.429. The van der Waals surface area contributed by atoms with Gasteiger partial charge in [-0.2, -0.15) is 5.26 Å². The van der Waals surface area contributed by atoms with Crippen LogP contribution in [0.2, 0.25) is 0 Å². The molecule has 1 aromatic rings. The van der Waals surface area contributed by atoms with Crippen LogP contribution in [0.15, 0.2) is 24.3 Å². The van der Waals surface area contributed by atoms with E-state index >= 15 is 0 Å². The van der Waals surface area contributed by atoms with E-state index in [-0.39, 0.29) is 12.0 Å². The van der Waals surface area contributed by atoms with Crippen LogP contribution in [0.3, 0.4) is 0 Å². The van der Waals surface area contributed by atoms with Crippen molar-refractivity contribution in [3.8, 4) is 6.07 Å². The molecule has 0 spiro atoms. The van der Waals surface area contributed by atoms with E-state index in [1.165, 1.54) is 0 Å². The summed E-state index contributed by atoms with van der Waals surface area (Å²) < 4.78 is 5.51. The third-order valence-corrected chi connectivity index (χ3v) is 3.14.